The van der Waals surface area contributed by atoms with Crippen molar-refractivity contribution in [2.45, 2.75) is 63.0 Å². The predicted molar refractivity (Wildman–Crippen MR) is 140 cm³/mol. The Kier molecular flexibility index (Phi) is 8.37. The smallest absolute Gasteiger partial charge is 0.247 e. The largest absolute Gasteiger partial charge is 0.487 e. The van der Waals surface area contributed by atoms with E-state index in [1.54, 1.807) is 30.0 Å². The van der Waals surface area contributed by atoms with Gasteiger partial charge in [-0.3, -0.25) is 4.79 Å². The third-order valence-electron chi connectivity index (χ3n) is 7.56. The predicted octanol–water partition coefficient (Wildman–Crippen LogP) is 4.16. The average molecular weight is 515 g/mol. The number of hydrogen-bond donors (Lipinski definition) is 1. The molecule has 196 valence electrons. The molecule has 1 amide bonds. The molecule has 0 bridgehead atoms. The lowest BCUT2D eigenvalue weighted by Crippen LogP contribution is -2.50. The molecule has 4 rings (SSSR count). The molecule has 1 aliphatic carbocycles. The minimum Gasteiger partial charge on any atom is -0.487 e. The molecule has 0 spiro atoms. The van der Waals surface area contributed by atoms with Crippen molar-refractivity contribution in [3.05, 3.63) is 48.5 Å². The number of nitrogens with zero attached hydrogens (tertiary/aromatic N) is 2. The molecule has 1 fully saturated rings. The Morgan fingerprint density at radius 3 is 2.47 bits per heavy atom. The lowest BCUT2D eigenvalue weighted by atomic mass is 9.88. The number of hydrogen-bond acceptors (Lipinski definition) is 5. The fraction of sp³-hybridized carbons (Fsp3) is 0.536. The first kappa shape index (κ1) is 26.6. The van der Waals surface area contributed by atoms with Gasteiger partial charge in [-0.1, -0.05) is 62.6 Å². The van der Waals surface area contributed by atoms with Crippen LogP contribution in [0.2, 0.25) is 0 Å². The van der Waals surface area contributed by atoms with Crippen molar-refractivity contribution < 1.29 is 23.1 Å². The summed E-state index contributed by atoms with van der Waals surface area (Å²) in [4.78, 5) is 15.0. The van der Waals surface area contributed by atoms with E-state index >= 15 is 0 Å². The quantitative estimate of drug-likeness (QED) is 0.626. The number of carbonyl (C=O) groups is 1. The molecule has 7 nitrogen and oxygen atoms in total. The van der Waals surface area contributed by atoms with Gasteiger partial charge in [0.25, 0.3) is 0 Å². The standard InChI is InChI=1S/C28H38N2O5S/c1-20-17-30(21(2)19-31)36(33,34)27-15-14-24(22-10-6-4-7-11-22)16-25(27)35-26(20)18-29(3)28(32)23-12-8-5-9-13-23/h4,6-7,10-11,14-16,20-21,23,26,31H,5,8-9,12-13,17-19H2,1-3H3/t20-,21+,26-/m1/s1. The SMILES string of the molecule is C[C@@H]1CN([C@@H](C)CO)S(=O)(=O)c2ccc(-c3ccccc3)cc2O[C@@H]1CN(C)C(=O)C1CCCCC1. The summed E-state index contributed by atoms with van der Waals surface area (Å²) >= 11 is 0. The lowest BCUT2D eigenvalue weighted by molar-refractivity contribution is -0.136. The van der Waals surface area contributed by atoms with E-state index in [1.165, 1.54) is 10.7 Å². The van der Waals surface area contributed by atoms with Crippen LogP contribution in [0.25, 0.3) is 11.1 Å². The number of sulfonamides is 1. The van der Waals surface area contributed by atoms with Gasteiger partial charge < -0.3 is 14.7 Å². The Morgan fingerprint density at radius 2 is 1.81 bits per heavy atom. The highest BCUT2D eigenvalue weighted by molar-refractivity contribution is 7.89. The van der Waals surface area contributed by atoms with Gasteiger partial charge in [-0.05, 0) is 43.0 Å². The molecule has 0 unspecified atom stereocenters. The number of carbonyl (C=O) groups excluding carboxylic acids is 1. The molecule has 36 heavy (non-hydrogen) atoms. The Hall–Kier alpha value is -2.42. The molecular formula is C28H38N2O5S. The minimum atomic E-state index is -3.90. The summed E-state index contributed by atoms with van der Waals surface area (Å²) in [5, 5.41) is 9.85. The van der Waals surface area contributed by atoms with Crippen molar-refractivity contribution in [1.29, 1.82) is 0 Å². The van der Waals surface area contributed by atoms with Crippen molar-refractivity contribution in [2.75, 3.05) is 26.7 Å². The molecular weight excluding hydrogens is 476 g/mol. The van der Waals surface area contributed by atoms with Crippen molar-refractivity contribution in [3.63, 3.8) is 0 Å². The fourth-order valence-corrected chi connectivity index (χ4v) is 7.10. The van der Waals surface area contributed by atoms with E-state index in [0.717, 1.165) is 36.8 Å². The fourth-order valence-electron chi connectivity index (χ4n) is 5.27. The van der Waals surface area contributed by atoms with Crippen LogP contribution in [0, 0.1) is 11.8 Å². The number of fused-ring (bicyclic) bond motifs is 1. The van der Waals surface area contributed by atoms with Crippen LogP contribution in [0.1, 0.15) is 46.0 Å². The first-order valence-electron chi connectivity index (χ1n) is 13.0. The van der Waals surface area contributed by atoms with Gasteiger partial charge in [0.1, 0.15) is 16.7 Å². The second-order valence-electron chi connectivity index (χ2n) is 10.3. The maximum absolute atomic E-state index is 13.7. The molecule has 2 aromatic carbocycles. The van der Waals surface area contributed by atoms with E-state index in [0.29, 0.717) is 6.54 Å². The summed E-state index contributed by atoms with van der Waals surface area (Å²) in [6, 6.07) is 14.3. The Bertz CT molecular complexity index is 1150. The van der Waals surface area contributed by atoms with Crippen molar-refractivity contribution in [1.82, 2.24) is 9.21 Å². The van der Waals surface area contributed by atoms with Crippen molar-refractivity contribution in [3.8, 4) is 16.9 Å². The van der Waals surface area contributed by atoms with Gasteiger partial charge >= 0.3 is 0 Å². The van der Waals surface area contributed by atoms with Crippen LogP contribution in [0.15, 0.2) is 53.4 Å². The second-order valence-corrected chi connectivity index (χ2v) is 12.2. The number of aliphatic hydroxyl groups excluding tert-OH is 1. The molecule has 1 saturated carbocycles. The zero-order valence-electron chi connectivity index (χ0n) is 21.5. The number of amides is 1. The lowest BCUT2D eigenvalue weighted by Gasteiger charge is -2.38. The molecule has 0 aromatic heterocycles. The van der Waals surface area contributed by atoms with Crippen LogP contribution < -0.4 is 4.74 Å². The van der Waals surface area contributed by atoms with Crippen molar-refractivity contribution >= 4 is 15.9 Å². The van der Waals surface area contributed by atoms with Crippen LogP contribution in [0.4, 0.5) is 0 Å². The molecule has 2 aromatic rings. The minimum absolute atomic E-state index is 0.0517. The van der Waals surface area contributed by atoms with Crippen LogP contribution in [0.3, 0.4) is 0 Å². The van der Waals surface area contributed by atoms with Crippen molar-refractivity contribution in [2.24, 2.45) is 11.8 Å². The van der Waals surface area contributed by atoms with E-state index in [1.807, 2.05) is 44.3 Å². The molecule has 0 radical (unpaired) electrons. The first-order chi connectivity index (χ1) is 17.2. The van der Waals surface area contributed by atoms with Crippen LogP contribution in [-0.2, 0) is 14.8 Å². The van der Waals surface area contributed by atoms with E-state index in [2.05, 4.69) is 0 Å². The maximum Gasteiger partial charge on any atom is 0.247 e. The van der Waals surface area contributed by atoms with E-state index < -0.39 is 22.2 Å². The summed E-state index contributed by atoms with van der Waals surface area (Å²) in [6.07, 6.45) is 4.80. The molecule has 8 heteroatoms. The summed E-state index contributed by atoms with van der Waals surface area (Å²) in [5.74, 6) is 0.264. The molecule has 1 N–H and O–H groups in total. The molecule has 0 saturated heterocycles. The van der Waals surface area contributed by atoms with Gasteiger partial charge in [-0.2, -0.15) is 4.31 Å². The molecule has 1 aliphatic heterocycles. The second kappa shape index (κ2) is 11.3. The van der Waals surface area contributed by atoms with E-state index in [4.69, 9.17) is 4.74 Å². The van der Waals surface area contributed by atoms with Gasteiger partial charge in [0, 0.05) is 31.5 Å². The summed E-state index contributed by atoms with van der Waals surface area (Å²) in [6.45, 7) is 3.93. The highest BCUT2D eigenvalue weighted by Crippen LogP contribution is 2.36. The third-order valence-corrected chi connectivity index (χ3v) is 9.58. The summed E-state index contributed by atoms with van der Waals surface area (Å²) in [5.41, 5.74) is 1.81. The molecule has 3 atom stereocenters. The number of likely N-dealkylation sites (N-methyl/N-ethyl adjacent to an activating group) is 1. The monoisotopic (exact) mass is 514 g/mol. The van der Waals surface area contributed by atoms with E-state index in [-0.39, 0.29) is 41.5 Å². The summed E-state index contributed by atoms with van der Waals surface area (Å²) < 4.78 is 35.2. The number of benzene rings is 2. The topological polar surface area (TPSA) is 87.2 Å². The van der Waals surface area contributed by atoms with Crippen LogP contribution in [-0.4, -0.2) is 67.5 Å². The van der Waals surface area contributed by atoms with Crippen LogP contribution >= 0.6 is 0 Å². The van der Waals surface area contributed by atoms with Gasteiger partial charge in [0.15, 0.2) is 0 Å². The zero-order chi connectivity index (χ0) is 25.9. The Morgan fingerprint density at radius 1 is 1.11 bits per heavy atom. The Labute approximate surface area is 215 Å². The number of rotatable bonds is 6. The third kappa shape index (κ3) is 5.61. The Balaban J connectivity index is 1.70. The normalized spacial score (nSPS) is 23.6. The van der Waals surface area contributed by atoms with Gasteiger partial charge in [-0.25, -0.2) is 8.42 Å². The molecule has 1 heterocycles. The summed E-state index contributed by atoms with van der Waals surface area (Å²) in [7, 11) is -2.09. The van der Waals surface area contributed by atoms with Gasteiger partial charge in [-0.15, -0.1) is 0 Å². The van der Waals surface area contributed by atoms with E-state index in [9.17, 15) is 18.3 Å². The van der Waals surface area contributed by atoms with Gasteiger partial charge in [0.2, 0.25) is 15.9 Å². The van der Waals surface area contributed by atoms with Crippen LogP contribution in [0.5, 0.6) is 5.75 Å². The highest BCUT2D eigenvalue weighted by atomic mass is 32.2. The highest BCUT2D eigenvalue weighted by Gasteiger charge is 2.39. The average Bonchev–Trinajstić information content (AvgIpc) is 2.90. The van der Waals surface area contributed by atoms with Gasteiger partial charge in [0.05, 0.1) is 13.2 Å². The zero-order valence-corrected chi connectivity index (χ0v) is 22.3. The first-order valence-corrected chi connectivity index (χ1v) is 14.4. The maximum atomic E-state index is 13.7. The molecule has 2 aliphatic rings. The number of ether oxygens (including phenoxy) is 1. The number of aliphatic hydroxyl groups is 1.